The molecule has 2 aliphatic rings. The molecule has 1 aromatic carbocycles. The van der Waals surface area contributed by atoms with Crippen LogP contribution in [-0.4, -0.2) is 47.3 Å². The van der Waals surface area contributed by atoms with Crippen molar-refractivity contribution in [1.82, 2.24) is 10.2 Å². The van der Waals surface area contributed by atoms with E-state index in [9.17, 15) is 22.7 Å². The molecule has 1 fully saturated rings. The molecule has 0 bridgehead atoms. The van der Waals surface area contributed by atoms with Gasteiger partial charge in [-0.15, -0.1) is 10.2 Å². The lowest BCUT2D eigenvalue weighted by molar-refractivity contribution is -0.137. The summed E-state index contributed by atoms with van der Waals surface area (Å²) in [5.74, 6) is 0.0559. The number of ether oxygens (including phenoxy) is 1. The molecule has 144 valence electrons. The van der Waals surface area contributed by atoms with Gasteiger partial charge in [-0.3, -0.25) is 0 Å². The first-order chi connectivity index (χ1) is 12.8. The van der Waals surface area contributed by atoms with Gasteiger partial charge in [0, 0.05) is 17.7 Å². The van der Waals surface area contributed by atoms with E-state index in [0.717, 1.165) is 11.6 Å². The van der Waals surface area contributed by atoms with Crippen molar-refractivity contribution in [2.24, 2.45) is 0 Å². The highest BCUT2D eigenvalue weighted by Crippen LogP contribution is 2.40. The van der Waals surface area contributed by atoms with E-state index in [1.54, 1.807) is 6.07 Å². The van der Waals surface area contributed by atoms with E-state index in [1.165, 1.54) is 6.92 Å². The van der Waals surface area contributed by atoms with Crippen molar-refractivity contribution < 1.29 is 27.4 Å². The maximum absolute atomic E-state index is 14.0. The molecule has 4 rings (SSSR count). The number of benzene rings is 1. The van der Waals surface area contributed by atoms with Crippen molar-refractivity contribution in [2.45, 2.75) is 31.7 Å². The van der Waals surface area contributed by atoms with E-state index < -0.39 is 29.7 Å². The Morgan fingerprint density at radius 1 is 1.19 bits per heavy atom. The number of aromatic hydroxyl groups is 1. The van der Waals surface area contributed by atoms with E-state index in [-0.39, 0.29) is 24.3 Å². The average molecular weight is 383 g/mol. The van der Waals surface area contributed by atoms with Gasteiger partial charge in [-0.2, -0.15) is 13.2 Å². The predicted octanol–water partition coefficient (Wildman–Crippen LogP) is 3.28. The number of hydrogen-bond acceptors (Lipinski definition) is 5. The second-order valence-electron chi connectivity index (χ2n) is 6.83. The van der Waals surface area contributed by atoms with E-state index in [0.29, 0.717) is 30.5 Å². The Kier molecular flexibility index (Phi) is 4.21. The number of rotatable bonds is 2. The number of phenols is 1. The number of halogens is 4. The van der Waals surface area contributed by atoms with Crippen LogP contribution < -0.4 is 4.90 Å². The highest BCUT2D eigenvalue weighted by molar-refractivity contribution is 5.73. The SMILES string of the molecule is Cc1cc(C(F)(F)F)cc(O)c1-c1cc2c(nn1)N([C@H]1COC[C@@H]1F)CC2. The van der Waals surface area contributed by atoms with E-state index in [2.05, 4.69) is 10.2 Å². The molecule has 3 heterocycles. The fourth-order valence-electron chi connectivity index (χ4n) is 3.71. The van der Waals surface area contributed by atoms with Gasteiger partial charge in [-0.1, -0.05) is 0 Å². The first-order valence-corrected chi connectivity index (χ1v) is 8.52. The first kappa shape index (κ1) is 18.0. The molecular weight excluding hydrogens is 366 g/mol. The fraction of sp³-hybridized carbons (Fsp3) is 0.444. The Morgan fingerprint density at radius 2 is 1.96 bits per heavy atom. The molecule has 0 radical (unpaired) electrons. The van der Waals surface area contributed by atoms with E-state index in [4.69, 9.17) is 4.74 Å². The summed E-state index contributed by atoms with van der Waals surface area (Å²) in [5.41, 5.74) is 0.650. The molecule has 0 spiro atoms. The molecule has 9 heteroatoms. The number of hydrogen-bond donors (Lipinski definition) is 1. The highest BCUT2D eigenvalue weighted by atomic mass is 19.4. The molecule has 0 aliphatic carbocycles. The van der Waals surface area contributed by atoms with Gasteiger partial charge in [0.15, 0.2) is 5.82 Å². The number of anilines is 1. The van der Waals surface area contributed by atoms with Gasteiger partial charge in [-0.05, 0) is 37.1 Å². The number of nitrogens with zero attached hydrogens (tertiary/aromatic N) is 3. The third kappa shape index (κ3) is 3.09. The maximum Gasteiger partial charge on any atom is 0.416 e. The van der Waals surface area contributed by atoms with Crippen molar-refractivity contribution >= 4 is 5.82 Å². The summed E-state index contributed by atoms with van der Waals surface area (Å²) in [4.78, 5) is 1.82. The lowest BCUT2D eigenvalue weighted by Gasteiger charge is -2.25. The molecule has 1 N–H and O–H groups in total. The van der Waals surface area contributed by atoms with Crippen molar-refractivity contribution in [3.63, 3.8) is 0 Å². The molecule has 0 amide bonds. The van der Waals surface area contributed by atoms with Crippen LogP contribution in [0.3, 0.4) is 0 Å². The van der Waals surface area contributed by atoms with Gasteiger partial charge in [0.2, 0.25) is 0 Å². The summed E-state index contributed by atoms with van der Waals surface area (Å²) in [6.45, 7) is 2.39. The van der Waals surface area contributed by atoms with Crippen molar-refractivity contribution in [2.75, 3.05) is 24.7 Å². The molecule has 0 saturated carbocycles. The second-order valence-corrected chi connectivity index (χ2v) is 6.83. The van der Waals surface area contributed by atoms with E-state index in [1.807, 2.05) is 4.90 Å². The third-order valence-corrected chi connectivity index (χ3v) is 5.03. The van der Waals surface area contributed by atoms with Crippen LogP contribution in [0, 0.1) is 6.92 Å². The highest BCUT2D eigenvalue weighted by Gasteiger charge is 2.38. The van der Waals surface area contributed by atoms with E-state index >= 15 is 0 Å². The zero-order chi connectivity index (χ0) is 19.3. The van der Waals surface area contributed by atoms with Gasteiger partial charge >= 0.3 is 6.18 Å². The van der Waals surface area contributed by atoms with Crippen LogP contribution in [0.4, 0.5) is 23.4 Å². The lowest BCUT2D eigenvalue weighted by atomic mass is 9.99. The Hall–Kier alpha value is -2.42. The summed E-state index contributed by atoms with van der Waals surface area (Å²) in [7, 11) is 0. The summed E-state index contributed by atoms with van der Waals surface area (Å²) < 4.78 is 57.8. The maximum atomic E-state index is 14.0. The van der Waals surface area contributed by atoms with Crippen LogP contribution in [0.5, 0.6) is 5.75 Å². The third-order valence-electron chi connectivity index (χ3n) is 5.03. The fourth-order valence-corrected chi connectivity index (χ4v) is 3.71. The van der Waals surface area contributed by atoms with Crippen LogP contribution in [-0.2, 0) is 17.3 Å². The van der Waals surface area contributed by atoms with Gasteiger partial charge in [0.05, 0.1) is 30.5 Å². The van der Waals surface area contributed by atoms with Gasteiger partial charge in [0.25, 0.3) is 0 Å². The molecule has 2 aliphatic heterocycles. The normalized spacial score (nSPS) is 22.3. The number of alkyl halides is 4. The summed E-state index contributed by atoms with van der Waals surface area (Å²) >= 11 is 0. The van der Waals surface area contributed by atoms with Gasteiger partial charge in [-0.25, -0.2) is 4.39 Å². The Balaban J connectivity index is 1.69. The molecular formula is C18H17F4N3O2. The predicted molar refractivity (Wildman–Crippen MR) is 89.4 cm³/mol. The second kappa shape index (κ2) is 6.33. The molecule has 2 atom stereocenters. The van der Waals surface area contributed by atoms with Crippen LogP contribution in [0.25, 0.3) is 11.3 Å². The van der Waals surface area contributed by atoms with Crippen LogP contribution in [0.2, 0.25) is 0 Å². The minimum Gasteiger partial charge on any atom is -0.507 e. The van der Waals surface area contributed by atoms with Crippen LogP contribution >= 0.6 is 0 Å². The quantitative estimate of drug-likeness (QED) is 0.807. The van der Waals surface area contributed by atoms with Gasteiger partial charge < -0.3 is 14.7 Å². The lowest BCUT2D eigenvalue weighted by Crippen LogP contribution is -2.40. The average Bonchev–Trinajstić information content (AvgIpc) is 3.18. The monoisotopic (exact) mass is 383 g/mol. The largest absolute Gasteiger partial charge is 0.507 e. The Morgan fingerprint density at radius 3 is 2.59 bits per heavy atom. The molecule has 5 nitrogen and oxygen atoms in total. The standard InChI is InChI=1S/C18H17F4N3O2/c1-9-4-11(18(20,21)22)6-15(26)16(9)13-5-10-2-3-25(17(10)24-23-13)14-8-27-7-12(14)19/h4-6,12,14,26H,2-3,7-8H2,1H3/t12-,14-/m0/s1. The van der Waals surface area contributed by atoms with Crippen molar-refractivity contribution in [3.8, 4) is 17.0 Å². The minimum atomic E-state index is -4.54. The van der Waals surface area contributed by atoms with Crippen LogP contribution in [0.15, 0.2) is 18.2 Å². The van der Waals surface area contributed by atoms with Crippen LogP contribution in [0.1, 0.15) is 16.7 Å². The number of aryl methyl sites for hydroxylation is 1. The number of fused-ring (bicyclic) bond motifs is 1. The summed E-state index contributed by atoms with van der Waals surface area (Å²) in [5, 5.41) is 18.4. The molecule has 1 aromatic heterocycles. The molecule has 0 unspecified atom stereocenters. The summed E-state index contributed by atoms with van der Waals surface area (Å²) in [6, 6.07) is 2.95. The van der Waals surface area contributed by atoms with Gasteiger partial charge in [0.1, 0.15) is 11.9 Å². The molecule has 2 aromatic rings. The molecule has 1 saturated heterocycles. The first-order valence-electron chi connectivity index (χ1n) is 8.52. The Labute approximate surface area is 152 Å². The summed E-state index contributed by atoms with van der Waals surface area (Å²) in [6.07, 6.45) is -5.03. The molecule has 27 heavy (non-hydrogen) atoms. The van der Waals surface area contributed by atoms with Crippen molar-refractivity contribution in [3.05, 3.63) is 34.9 Å². The minimum absolute atomic E-state index is 0.0562. The smallest absolute Gasteiger partial charge is 0.416 e. The van der Waals surface area contributed by atoms with Crippen molar-refractivity contribution in [1.29, 1.82) is 0 Å². The number of aromatic nitrogens is 2. The zero-order valence-electron chi connectivity index (χ0n) is 14.4. The zero-order valence-corrected chi connectivity index (χ0v) is 14.4. The number of phenolic OH excluding ortho intramolecular Hbond substituents is 1. The Bertz CT molecular complexity index is 864. The topological polar surface area (TPSA) is 58.5 Å².